The summed E-state index contributed by atoms with van der Waals surface area (Å²) in [7, 11) is 1.24. The van der Waals surface area contributed by atoms with Gasteiger partial charge in [0.05, 0.1) is 13.2 Å². The molecule has 1 aliphatic rings. The summed E-state index contributed by atoms with van der Waals surface area (Å²) in [5.41, 5.74) is 0.398. The zero-order valence-electron chi connectivity index (χ0n) is 9.13. The molecule has 0 radical (unpaired) electrons. The lowest BCUT2D eigenvalue weighted by Crippen LogP contribution is -2.42. The van der Waals surface area contributed by atoms with Gasteiger partial charge in [-0.05, 0) is 12.5 Å². The van der Waals surface area contributed by atoms with Crippen LogP contribution in [-0.2, 0) is 11.2 Å². The predicted octanol–water partition coefficient (Wildman–Crippen LogP) is 1.62. The lowest BCUT2D eigenvalue weighted by molar-refractivity contribution is 0.155. The number of alkyl carbamates (subject to hydrolysis) is 1. The minimum Gasteiger partial charge on any atom is -0.488 e. The Morgan fingerprint density at radius 1 is 1.53 bits per heavy atom. The van der Waals surface area contributed by atoms with Gasteiger partial charge in [0.25, 0.3) is 0 Å². The molecule has 1 N–H and O–H groups in total. The number of fused-ring (bicyclic) bond motifs is 1. The normalized spacial score (nSPS) is 17.9. The second-order valence-electron chi connectivity index (χ2n) is 3.72. The van der Waals surface area contributed by atoms with Crippen molar-refractivity contribution in [1.82, 2.24) is 5.32 Å². The molecule has 1 atom stereocenters. The second kappa shape index (κ2) is 4.57. The Kier molecular flexibility index (Phi) is 3.12. The summed E-state index contributed by atoms with van der Waals surface area (Å²) in [4.78, 5) is 11.0. The molecule has 0 bridgehead atoms. The van der Waals surface area contributed by atoms with Crippen molar-refractivity contribution >= 4 is 6.09 Å². The van der Waals surface area contributed by atoms with Gasteiger partial charge in [-0.25, -0.2) is 13.6 Å². The van der Waals surface area contributed by atoms with Gasteiger partial charge in [-0.1, -0.05) is 0 Å². The highest BCUT2D eigenvalue weighted by atomic mass is 19.1. The zero-order valence-corrected chi connectivity index (χ0v) is 9.13. The molecular formula is C11H11F2NO3. The average Bonchev–Trinajstić information content (AvgIpc) is 2.28. The minimum atomic E-state index is -0.725. The Morgan fingerprint density at radius 3 is 3.00 bits per heavy atom. The van der Waals surface area contributed by atoms with Gasteiger partial charge in [0.1, 0.15) is 12.4 Å². The van der Waals surface area contributed by atoms with Gasteiger partial charge in [-0.3, -0.25) is 0 Å². The molecule has 0 saturated heterocycles. The third-order valence-corrected chi connectivity index (χ3v) is 2.49. The highest BCUT2D eigenvalue weighted by Crippen LogP contribution is 2.28. The van der Waals surface area contributed by atoms with Crippen LogP contribution < -0.4 is 10.1 Å². The fourth-order valence-corrected chi connectivity index (χ4v) is 1.75. The van der Waals surface area contributed by atoms with Crippen LogP contribution in [0.25, 0.3) is 0 Å². The molecule has 0 unspecified atom stereocenters. The molecular weight excluding hydrogens is 232 g/mol. The Balaban J connectivity index is 2.15. The second-order valence-corrected chi connectivity index (χ2v) is 3.72. The first-order chi connectivity index (χ1) is 8.10. The molecule has 1 heterocycles. The third kappa shape index (κ3) is 2.46. The molecule has 1 aromatic carbocycles. The minimum absolute atomic E-state index is 0.0503. The Hall–Kier alpha value is -1.85. The summed E-state index contributed by atoms with van der Waals surface area (Å²) in [6.07, 6.45) is -0.294. The maximum Gasteiger partial charge on any atom is 0.407 e. The monoisotopic (exact) mass is 243 g/mol. The Morgan fingerprint density at radius 2 is 2.29 bits per heavy atom. The van der Waals surface area contributed by atoms with E-state index in [1.807, 2.05) is 0 Å². The number of amides is 1. The van der Waals surface area contributed by atoms with Crippen molar-refractivity contribution in [3.05, 3.63) is 29.3 Å². The van der Waals surface area contributed by atoms with E-state index >= 15 is 0 Å². The fraction of sp³-hybridized carbons (Fsp3) is 0.364. The van der Waals surface area contributed by atoms with E-state index in [2.05, 4.69) is 10.1 Å². The Bertz CT molecular complexity index is 451. The maximum atomic E-state index is 13.3. The van der Waals surface area contributed by atoms with E-state index in [9.17, 15) is 13.6 Å². The third-order valence-electron chi connectivity index (χ3n) is 2.49. The zero-order chi connectivity index (χ0) is 12.4. The largest absolute Gasteiger partial charge is 0.488 e. The van der Waals surface area contributed by atoms with Gasteiger partial charge >= 0.3 is 6.09 Å². The van der Waals surface area contributed by atoms with Crippen LogP contribution in [0.1, 0.15) is 5.56 Å². The molecule has 1 aliphatic heterocycles. The molecule has 0 saturated carbocycles. The molecule has 2 rings (SSSR count). The number of hydrogen-bond donors (Lipinski definition) is 1. The van der Waals surface area contributed by atoms with Crippen molar-refractivity contribution in [1.29, 1.82) is 0 Å². The number of ether oxygens (including phenoxy) is 2. The van der Waals surface area contributed by atoms with Gasteiger partial charge in [-0.2, -0.15) is 0 Å². The van der Waals surface area contributed by atoms with Crippen LogP contribution in [0.15, 0.2) is 12.1 Å². The van der Waals surface area contributed by atoms with Crippen LogP contribution in [0.4, 0.5) is 13.6 Å². The van der Waals surface area contributed by atoms with Crippen molar-refractivity contribution in [2.45, 2.75) is 12.5 Å². The number of halogens is 2. The number of hydrogen-bond acceptors (Lipinski definition) is 3. The van der Waals surface area contributed by atoms with Crippen molar-refractivity contribution in [3.8, 4) is 5.75 Å². The summed E-state index contributed by atoms with van der Waals surface area (Å²) in [6, 6.07) is 1.62. The van der Waals surface area contributed by atoms with Crippen molar-refractivity contribution in [2.24, 2.45) is 0 Å². The summed E-state index contributed by atoms with van der Waals surface area (Å²) < 4.78 is 35.9. The van der Waals surface area contributed by atoms with Crippen LogP contribution in [0.2, 0.25) is 0 Å². The van der Waals surface area contributed by atoms with Gasteiger partial charge in [-0.15, -0.1) is 0 Å². The van der Waals surface area contributed by atoms with Crippen molar-refractivity contribution in [3.63, 3.8) is 0 Å². The smallest absolute Gasteiger partial charge is 0.407 e. The first-order valence-corrected chi connectivity index (χ1v) is 5.05. The highest BCUT2D eigenvalue weighted by Gasteiger charge is 2.24. The maximum absolute atomic E-state index is 13.3. The van der Waals surface area contributed by atoms with Crippen LogP contribution >= 0.6 is 0 Å². The van der Waals surface area contributed by atoms with E-state index in [1.54, 1.807) is 0 Å². The molecule has 0 aromatic heterocycles. The molecule has 17 heavy (non-hydrogen) atoms. The van der Waals surface area contributed by atoms with E-state index in [4.69, 9.17) is 4.74 Å². The van der Waals surface area contributed by atoms with Gasteiger partial charge < -0.3 is 14.8 Å². The average molecular weight is 243 g/mol. The molecule has 92 valence electrons. The number of carbonyl (C=O) groups excluding carboxylic acids is 1. The standard InChI is InChI=1S/C11H11F2NO3/c1-16-11(15)14-8-3-6-2-7(12)4-9(13)10(6)17-5-8/h2,4,8H,3,5H2,1H3,(H,14,15)/t8-/m1/s1. The van der Waals surface area contributed by atoms with E-state index in [1.165, 1.54) is 13.2 Å². The summed E-state index contributed by atoms with van der Waals surface area (Å²) in [5, 5.41) is 2.52. The van der Waals surface area contributed by atoms with Gasteiger partial charge in [0.15, 0.2) is 11.6 Å². The fourth-order valence-electron chi connectivity index (χ4n) is 1.75. The van der Waals surface area contributed by atoms with Crippen molar-refractivity contribution < 1.29 is 23.0 Å². The SMILES string of the molecule is COC(=O)N[C@H]1COc2c(F)cc(F)cc2C1. The molecule has 1 amide bonds. The molecule has 0 spiro atoms. The van der Waals surface area contributed by atoms with E-state index < -0.39 is 17.7 Å². The van der Waals surface area contributed by atoms with Crippen LogP contribution in [0, 0.1) is 11.6 Å². The van der Waals surface area contributed by atoms with Crippen LogP contribution in [-0.4, -0.2) is 25.9 Å². The van der Waals surface area contributed by atoms with Gasteiger partial charge in [0.2, 0.25) is 0 Å². The summed E-state index contributed by atoms with van der Waals surface area (Å²) in [6.45, 7) is 0.130. The number of benzene rings is 1. The lowest BCUT2D eigenvalue weighted by Gasteiger charge is -2.25. The van der Waals surface area contributed by atoms with E-state index in [-0.39, 0.29) is 18.4 Å². The number of carbonyl (C=O) groups is 1. The number of rotatable bonds is 1. The van der Waals surface area contributed by atoms with Crippen LogP contribution in [0.5, 0.6) is 5.75 Å². The van der Waals surface area contributed by atoms with Gasteiger partial charge in [0, 0.05) is 11.6 Å². The molecule has 4 nitrogen and oxygen atoms in total. The summed E-state index contributed by atoms with van der Waals surface area (Å²) in [5.74, 6) is -1.34. The summed E-state index contributed by atoms with van der Waals surface area (Å²) >= 11 is 0. The number of methoxy groups -OCH3 is 1. The highest BCUT2D eigenvalue weighted by molar-refractivity contribution is 5.67. The lowest BCUT2D eigenvalue weighted by atomic mass is 10.0. The first kappa shape index (κ1) is 11.6. The quantitative estimate of drug-likeness (QED) is 0.815. The molecule has 0 aliphatic carbocycles. The number of nitrogens with one attached hydrogen (secondary N) is 1. The van der Waals surface area contributed by atoms with Crippen LogP contribution in [0.3, 0.4) is 0 Å². The van der Waals surface area contributed by atoms with Crippen molar-refractivity contribution in [2.75, 3.05) is 13.7 Å². The first-order valence-electron chi connectivity index (χ1n) is 5.05. The topological polar surface area (TPSA) is 47.6 Å². The molecule has 1 aromatic rings. The molecule has 6 heteroatoms. The van der Waals surface area contributed by atoms with E-state index in [0.717, 1.165) is 6.07 Å². The predicted molar refractivity (Wildman–Crippen MR) is 54.9 cm³/mol. The molecule has 0 fully saturated rings. The van der Waals surface area contributed by atoms with E-state index in [0.29, 0.717) is 12.0 Å². The Labute approximate surface area is 96.5 Å².